The third-order valence-electron chi connectivity index (χ3n) is 2.51. The van der Waals surface area contributed by atoms with Gasteiger partial charge in [0.05, 0.1) is 18.2 Å². The van der Waals surface area contributed by atoms with E-state index in [1.54, 1.807) is 0 Å². The van der Waals surface area contributed by atoms with E-state index in [1.165, 1.54) is 5.69 Å². The van der Waals surface area contributed by atoms with Gasteiger partial charge in [-0.05, 0) is 19.4 Å². The second-order valence-corrected chi connectivity index (χ2v) is 3.49. The van der Waals surface area contributed by atoms with E-state index >= 15 is 0 Å². The van der Waals surface area contributed by atoms with E-state index in [2.05, 4.69) is 30.3 Å². The van der Waals surface area contributed by atoms with Gasteiger partial charge in [-0.15, -0.1) is 0 Å². The van der Waals surface area contributed by atoms with Crippen LogP contribution in [0.25, 0.3) is 0 Å². The molecule has 1 rings (SSSR count). The van der Waals surface area contributed by atoms with Crippen LogP contribution in [-0.2, 0) is 13.1 Å². The zero-order chi connectivity index (χ0) is 11.1. The highest BCUT2D eigenvalue weighted by Gasteiger charge is 2.06. The van der Waals surface area contributed by atoms with E-state index in [4.69, 9.17) is 5.26 Å². The fourth-order valence-corrected chi connectivity index (χ4v) is 1.51. The zero-order valence-electron chi connectivity index (χ0n) is 9.40. The molecule has 0 aliphatic rings. The first-order valence-electron chi connectivity index (χ1n) is 5.42. The average Bonchev–Trinajstić information content (AvgIpc) is 2.71. The highest BCUT2D eigenvalue weighted by Crippen LogP contribution is 2.02. The van der Waals surface area contributed by atoms with Gasteiger partial charge in [-0.1, -0.05) is 6.92 Å². The summed E-state index contributed by atoms with van der Waals surface area (Å²) in [5, 5.41) is 16.2. The van der Waals surface area contributed by atoms with Crippen LogP contribution in [0.1, 0.15) is 32.4 Å². The summed E-state index contributed by atoms with van der Waals surface area (Å²) < 4.78 is 1.96. The topological polar surface area (TPSA) is 53.6 Å². The third-order valence-corrected chi connectivity index (χ3v) is 2.51. The van der Waals surface area contributed by atoms with Crippen molar-refractivity contribution in [3.8, 4) is 6.07 Å². The van der Waals surface area contributed by atoms with Gasteiger partial charge in [0.15, 0.2) is 0 Å². The Bertz CT molecular complexity index is 324. The van der Waals surface area contributed by atoms with E-state index in [0.717, 1.165) is 19.5 Å². The molecular weight excluding hydrogens is 188 g/mol. The van der Waals surface area contributed by atoms with Crippen LogP contribution in [0, 0.1) is 11.3 Å². The molecule has 1 atom stereocenters. The van der Waals surface area contributed by atoms with Gasteiger partial charge in [-0.3, -0.25) is 4.68 Å². The van der Waals surface area contributed by atoms with Crippen LogP contribution in [0.5, 0.6) is 0 Å². The highest BCUT2D eigenvalue weighted by molar-refractivity contribution is 5.00. The van der Waals surface area contributed by atoms with Gasteiger partial charge in [-0.2, -0.15) is 10.4 Å². The maximum absolute atomic E-state index is 8.62. The summed E-state index contributed by atoms with van der Waals surface area (Å²) in [6.07, 6.45) is 3.36. The van der Waals surface area contributed by atoms with Crippen molar-refractivity contribution in [2.75, 3.05) is 0 Å². The molecule has 0 saturated carbocycles. The second-order valence-electron chi connectivity index (χ2n) is 3.49. The number of hydrogen-bond donors (Lipinski definition) is 1. The molecule has 0 bridgehead atoms. The SMILES string of the molecule is CCC(CC#N)NCc1ccnn1CC. The molecule has 0 radical (unpaired) electrons. The maximum Gasteiger partial charge on any atom is 0.0638 e. The number of nitriles is 1. The lowest BCUT2D eigenvalue weighted by Gasteiger charge is -2.13. The number of aromatic nitrogens is 2. The van der Waals surface area contributed by atoms with Gasteiger partial charge in [-0.25, -0.2) is 0 Å². The average molecular weight is 206 g/mol. The van der Waals surface area contributed by atoms with Crippen molar-refractivity contribution >= 4 is 0 Å². The highest BCUT2D eigenvalue weighted by atomic mass is 15.3. The Hall–Kier alpha value is -1.34. The van der Waals surface area contributed by atoms with Crippen molar-refractivity contribution in [1.29, 1.82) is 5.26 Å². The fourth-order valence-electron chi connectivity index (χ4n) is 1.51. The summed E-state index contributed by atoms with van der Waals surface area (Å²) >= 11 is 0. The predicted octanol–water partition coefficient (Wildman–Crippen LogP) is 1.68. The van der Waals surface area contributed by atoms with Gasteiger partial charge in [0, 0.05) is 25.3 Å². The van der Waals surface area contributed by atoms with Crippen molar-refractivity contribution in [3.05, 3.63) is 18.0 Å². The summed E-state index contributed by atoms with van der Waals surface area (Å²) in [4.78, 5) is 0. The number of rotatable bonds is 6. The number of nitrogens with zero attached hydrogens (tertiary/aromatic N) is 3. The van der Waals surface area contributed by atoms with Gasteiger partial charge in [0.2, 0.25) is 0 Å². The second kappa shape index (κ2) is 6.20. The summed E-state index contributed by atoms with van der Waals surface area (Å²) in [6.45, 7) is 5.84. The van der Waals surface area contributed by atoms with E-state index in [1.807, 2.05) is 16.9 Å². The molecule has 1 unspecified atom stereocenters. The van der Waals surface area contributed by atoms with Gasteiger partial charge < -0.3 is 5.32 Å². The first-order valence-corrected chi connectivity index (χ1v) is 5.42. The summed E-state index contributed by atoms with van der Waals surface area (Å²) in [5.74, 6) is 0. The van der Waals surface area contributed by atoms with Crippen molar-refractivity contribution in [1.82, 2.24) is 15.1 Å². The minimum atomic E-state index is 0.287. The zero-order valence-corrected chi connectivity index (χ0v) is 9.40. The molecule has 0 aliphatic heterocycles. The standard InChI is InChI=1S/C11H18N4/c1-3-10(5-7-12)13-9-11-6-8-14-15(11)4-2/h6,8,10,13H,3-5,9H2,1-2H3. The van der Waals surface area contributed by atoms with Gasteiger partial charge >= 0.3 is 0 Å². The number of nitrogens with one attached hydrogen (secondary N) is 1. The number of hydrogen-bond acceptors (Lipinski definition) is 3. The largest absolute Gasteiger partial charge is 0.307 e. The normalized spacial score (nSPS) is 12.3. The monoisotopic (exact) mass is 206 g/mol. The van der Waals surface area contributed by atoms with Gasteiger partial charge in [0.25, 0.3) is 0 Å². The van der Waals surface area contributed by atoms with Crippen LogP contribution < -0.4 is 5.32 Å². The molecule has 0 spiro atoms. The van der Waals surface area contributed by atoms with Gasteiger partial charge in [0.1, 0.15) is 0 Å². The Labute approximate surface area is 90.9 Å². The van der Waals surface area contributed by atoms with E-state index in [-0.39, 0.29) is 6.04 Å². The molecule has 4 heteroatoms. The molecule has 1 aromatic rings. The third kappa shape index (κ3) is 3.37. The molecule has 1 N–H and O–H groups in total. The molecule has 0 saturated heterocycles. The minimum absolute atomic E-state index is 0.287. The Balaban J connectivity index is 2.45. The van der Waals surface area contributed by atoms with E-state index < -0.39 is 0 Å². The molecule has 82 valence electrons. The maximum atomic E-state index is 8.62. The van der Waals surface area contributed by atoms with Crippen LogP contribution in [-0.4, -0.2) is 15.8 Å². The van der Waals surface area contributed by atoms with Crippen LogP contribution in [0.3, 0.4) is 0 Å². The van der Waals surface area contributed by atoms with Crippen molar-refractivity contribution < 1.29 is 0 Å². The van der Waals surface area contributed by atoms with Crippen molar-refractivity contribution in [3.63, 3.8) is 0 Å². The van der Waals surface area contributed by atoms with Crippen molar-refractivity contribution in [2.24, 2.45) is 0 Å². The lowest BCUT2D eigenvalue weighted by molar-refractivity contribution is 0.484. The molecule has 0 aromatic carbocycles. The molecular formula is C11H18N4. The van der Waals surface area contributed by atoms with Crippen molar-refractivity contribution in [2.45, 2.75) is 45.8 Å². The Morgan fingerprint density at radius 2 is 2.40 bits per heavy atom. The van der Waals surface area contributed by atoms with Crippen LogP contribution in [0.2, 0.25) is 0 Å². The first-order chi connectivity index (χ1) is 7.31. The number of aryl methyl sites for hydroxylation is 1. The van der Waals surface area contributed by atoms with Crippen LogP contribution >= 0.6 is 0 Å². The molecule has 1 aromatic heterocycles. The molecule has 0 amide bonds. The Kier molecular flexibility index (Phi) is 4.85. The smallest absolute Gasteiger partial charge is 0.0638 e. The molecule has 0 aliphatic carbocycles. The molecule has 1 heterocycles. The summed E-state index contributed by atoms with van der Waals surface area (Å²) in [6, 6.07) is 4.49. The first kappa shape index (κ1) is 11.7. The van der Waals surface area contributed by atoms with E-state index in [9.17, 15) is 0 Å². The lowest BCUT2D eigenvalue weighted by atomic mass is 10.1. The predicted molar refractivity (Wildman–Crippen MR) is 59.0 cm³/mol. The lowest BCUT2D eigenvalue weighted by Crippen LogP contribution is -2.28. The van der Waals surface area contributed by atoms with Crippen LogP contribution in [0.15, 0.2) is 12.3 Å². The van der Waals surface area contributed by atoms with E-state index in [0.29, 0.717) is 6.42 Å². The summed E-state index contributed by atoms with van der Waals surface area (Å²) in [5.41, 5.74) is 1.17. The quantitative estimate of drug-likeness (QED) is 0.770. The molecule has 4 nitrogen and oxygen atoms in total. The summed E-state index contributed by atoms with van der Waals surface area (Å²) in [7, 11) is 0. The van der Waals surface area contributed by atoms with Crippen LogP contribution in [0.4, 0.5) is 0 Å². The minimum Gasteiger partial charge on any atom is -0.307 e. The Morgan fingerprint density at radius 3 is 3.00 bits per heavy atom. The Morgan fingerprint density at radius 1 is 1.60 bits per heavy atom. The fraction of sp³-hybridized carbons (Fsp3) is 0.636. The molecule has 0 fully saturated rings. The molecule has 15 heavy (non-hydrogen) atoms.